The van der Waals surface area contributed by atoms with E-state index >= 15 is 0 Å². The molecular weight excluding hydrogens is 234 g/mol. The Morgan fingerprint density at radius 1 is 1.47 bits per heavy atom. The van der Waals surface area contributed by atoms with E-state index in [4.69, 9.17) is 10.5 Å². The molecule has 0 bridgehead atoms. The number of nitrogen functional groups attached to an aromatic ring is 1. The molecular formula is C12H15N3OS. The van der Waals surface area contributed by atoms with Gasteiger partial charge in [-0.3, -0.25) is 0 Å². The Balaban J connectivity index is 1.80. The Kier molecular flexibility index (Phi) is 2.94. The third-order valence-electron chi connectivity index (χ3n) is 2.88. The van der Waals surface area contributed by atoms with Gasteiger partial charge in [0.1, 0.15) is 0 Å². The first-order chi connectivity index (χ1) is 8.31. The van der Waals surface area contributed by atoms with Crippen molar-refractivity contribution in [3.8, 4) is 0 Å². The van der Waals surface area contributed by atoms with Crippen LogP contribution in [0.2, 0.25) is 0 Å². The van der Waals surface area contributed by atoms with Crippen molar-refractivity contribution < 1.29 is 4.74 Å². The Morgan fingerprint density at radius 3 is 3.24 bits per heavy atom. The van der Waals surface area contributed by atoms with Crippen LogP contribution in [0.15, 0.2) is 23.4 Å². The number of anilines is 1. The minimum atomic E-state index is 0.515. The maximum absolute atomic E-state index is 5.74. The smallest absolute Gasteiger partial charge is 0.166 e. The molecule has 0 aliphatic carbocycles. The second-order valence-electron chi connectivity index (χ2n) is 4.28. The molecule has 0 amide bonds. The first-order valence-electron chi connectivity index (χ1n) is 5.81. The molecule has 1 aliphatic rings. The van der Waals surface area contributed by atoms with E-state index in [1.165, 1.54) is 6.42 Å². The van der Waals surface area contributed by atoms with Gasteiger partial charge < -0.3 is 15.5 Å². The number of rotatable bonds is 2. The second-order valence-corrected chi connectivity index (χ2v) is 5.56. The highest BCUT2D eigenvalue weighted by Crippen LogP contribution is 2.28. The molecule has 1 unspecified atom stereocenters. The summed E-state index contributed by atoms with van der Waals surface area (Å²) in [4.78, 5) is 7.84. The molecule has 0 spiro atoms. The van der Waals surface area contributed by atoms with E-state index in [2.05, 4.69) is 9.97 Å². The highest BCUT2D eigenvalue weighted by atomic mass is 32.2. The summed E-state index contributed by atoms with van der Waals surface area (Å²) in [6.07, 6.45) is 2.34. The summed E-state index contributed by atoms with van der Waals surface area (Å²) in [6, 6.07) is 5.74. The molecule has 5 heteroatoms. The molecule has 90 valence electrons. The van der Waals surface area contributed by atoms with Crippen molar-refractivity contribution in [1.82, 2.24) is 9.97 Å². The summed E-state index contributed by atoms with van der Waals surface area (Å²) in [7, 11) is 0. The van der Waals surface area contributed by atoms with Crippen molar-refractivity contribution in [2.45, 2.75) is 23.2 Å². The van der Waals surface area contributed by atoms with Gasteiger partial charge in [0.15, 0.2) is 5.16 Å². The van der Waals surface area contributed by atoms with Crippen LogP contribution in [0.3, 0.4) is 0 Å². The van der Waals surface area contributed by atoms with Gasteiger partial charge in [-0.05, 0) is 31.0 Å². The number of benzene rings is 1. The first kappa shape index (κ1) is 10.9. The molecule has 1 saturated heterocycles. The molecule has 2 heterocycles. The predicted molar refractivity (Wildman–Crippen MR) is 70.2 cm³/mol. The maximum Gasteiger partial charge on any atom is 0.166 e. The minimum Gasteiger partial charge on any atom is -0.399 e. The summed E-state index contributed by atoms with van der Waals surface area (Å²) in [5, 5.41) is 1.47. The normalized spacial score (nSPS) is 20.8. The lowest BCUT2D eigenvalue weighted by molar-refractivity contribution is 0.101. The first-order valence-corrected chi connectivity index (χ1v) is 6.69. The van der Waals surface area contributed by atoms with Crippen LogP contribution < -0.4 is 5.73 Å². The molecule has 17 heavy (non-hydrogen) atoms. The molecule has 1 fully saturated rings. The molecule has 1 atom stereocenters. The molecule has 3 rings (SSSR count). The Labute approximate surface area is 104 Å². The van der Waals surface area contributed by atoms with E-state index in [0.29, 0.717) is 5.25 Å². The van der Waals surface area contributed by atoms with Crippen molar-refractivity contribution in [2.24, 2.45) is 0 Å². The highest BCUT2D eigenvalue weighted by molar-refractivity contribution is 7.99. The van der Waals surface area contributed by atoms with Crippen molar-refractivity contribution in [2.75, 3.05) is 18.9 Å². The van der Waals surface area contributed by atoms with Gasteiger partial charge in [-0.2, -0.15) is 0 Å². The van der Waals surface area contributed by atoms with E-state index < -0.39 is 0 Å². The zero-order valence-electron chi connectivity index (χ0n) is 9.48. The van der Waals surface area contributed by atoms with Gasteiger partial charge in [0.2, 0.25) is 0 Å². The van der Waals surface area contributed by atoms with Crippen LogP contribution in [0, 0.1) is 0 Å². The summed E-state index contributed by atoms with van der Waals surface area (Å²) >= 11 is 1.76. The Hall–Kier alpha value is -1.20. The monoisotopic (exact) mass is 249 g/mol. The van der Waals surface area contributed by atoms with Gasteiger partial charge in [0, 0.05) is 17.5 Å². The van der Waals surface area contributed by atoms with Crippen LogP contribution in [0.1, 0.15) is 12.8 Å². The maximum atomic E-state index is 5.74. The number of aromatic amines is 1. The summed E-state index contributed by atoms with van der Waals surface area (Å²) in [5.41, 5.74) is 8.48. The molecule has 1 aromatic carbocycles. The van der Waals surface area contributed by atoms with E-state index in [1.54, 1.807) is 11.8 Å². The lowest BCUT2D eigenvalue weighted by Crippen LogP contribution is -2.19. The number of nitrogens with zero attached hydrogens (tertiary/aromatic N) is 1. The molecule has 0 saturated carbocycles. The summed E-state index contributed by atoms with van der Waals surface area (Å²) < 4.78 is 5.46. The van der Waals surface area contributed by atoms with E-state index in [1.807, 2.05) is 18.2 Å². The van der Waals surface area contributed by atoms with Crippen LogP contribution in [0.4, 0.5) is 5.69 Å². The van der Waals surface area contributed by atoms with Crippen LogP contribution in [-0.2, 0) is 4.74 Å². The Morgan fingerprint density at radius 2 is 2.41 bits per heavy atom. The van der Waals surface area contributed by atoms with Gasteiger partial charge >= 0.3 is 0 Å². The standard InChI is InChI=1S/C12H15N3OS/c13-8-3-4-10-11(6-8)15-12(14-10)17-9-2-1-5-16-7-9/h3-4,6,9H,1-2,5,7,13H2,(H,14,15). The molecule has 0 radical (unpaired) electrons. The van der Waals surface area contributed by atoms with Crippen molar-refractivity contribution in [3.63, 3.8) is 0 Å². The average molecular weight is 249 g/mol. The summed E-state index contributed by atoms with van der Waals surface area (Å²) in [6.45, 7) is 1.72. The minimum absolute atomic E-state index is 0.515. The van der Waals surface area contributed by atoms with E-state index in [9.17, 15) is 0 Å². The summed E-state index contributed by atoms with van der Waals surface area (Å²) in [5.74, 6) is 0. The number of nitrogens with two attached hydrogens (primary N) is 1. The number of aromatic nitrogens is 2. The Bertz CT molecular complexity index is 519. The SMILES string of the molecule is Nc1ccc2nc(SC3CCCOC3)[nH]c2c1. The fraction of sp³-hybridized carbons (Fsp3) is 0.417. The zero-order valence-corrected chi connectivity index (χ0v) is 10.3. The van der Waals surface area contributed by atoms with Crippen LogP contribution >= 0.6 is 11.8 Å². The van der Waals surface area contributed by atoms with Crippen LogP contribution in [-0.4, -0.2) is 28.4 Å². The number of H-pyrrole nitrogens is 1. The number of hydrogen-bond donors (Lipinski definition) is 2. The van der Waals surface area contributed by atoms with Gasteiger partial charge in [0.05, 0.1) is 17.6 Å². The number of imidazole rings is 1. The number of ether oxygens (including phenoxy) is 1. The van der Waals surface area contributed by atoms with E-state index in [0.717, 1.165) is 41.5 Å². The lowest BCUT2D eigenvalue weighted by Gasteiger charge is -2.20. The average Bonchev–Trinajstić information content (AvgIpc) is 2.71. The van der Waals surface area contributed by atoms with Crippen molar-refractivity contribution in [1.29, 1.82) is 0 Å². The zero-order chi connectivity index (χ0) is 11.7. The molecule has 3 N–H and O–H groups in total. The van der Waals surface area contributed by atoms with Crippen LogP contribution in [0.25, 0.3) is 11.0 Å². The van der Waals surface area contributed by atoms with Crippen molar-refractivity contribution in [3.05, 3.63) is 18.2 Å². The van der Waals surface area contributed by atoms with Crippen molar-refractivity contribution >= 4 is 28.5 Å². The van der Waals surface area contributed by atoms with Gasteiger partial charge in [0.25, 0.3) is 0 Å². The molecule has 2 aromatic rings. The van der Waals surface area contributed by atoms with Gasteiger partial charge in [-0.1, -0.05) is 11.8 Å². The largest absolute Gasteiger partial charge is 0.399 e. The van der Waals surface area contributed by atoms with Gasteiger partial charge in [-0.25, -0.2) is 4.98 Å². The third-order valence-corrected chi connectivity index (χ3v) is 4.00. The van der Waals surface area contributed by atoms with Gasteiger partial charge in [-0.15, -0.1) is 0 Å². The topological polar surface area (TPSA) is 63.9 Å². The highest BCUT2D eigenvalue weighted by Gasteiger charge is 2.16. The fourth-order valence-corrected chi connectivity index (χ4v) is 3.11. The fourth-order valence-electron chi connectivity index (χ4n) is 2.02. The molecule has 1 aromatic heterocycles. The third kappa shape index (κ3) is 2.40. The number of hydrogen-bond acceptors (Lipinski definition) is 4. The number of fused-ring (bicyclic) bond motifs is 1. The number of thioether (sulfide) groups is 1. The lowest BCUT2D eigenvalue weighted by atomic mass is 10.2. The van der Waals surface area contributed by atoms with E-state index in [-0.39, 0.29) is 0 Å². The number of nitrogens with one attached hydrogen (secondary N) is 1. The molecule has 4 nitrogen and oxygen atoms in total. The predicted octanol–water partition coefficient (Wildman–Crippen LogP) is 2.42. The quantitative estimate of drug-likeness (QED) is 0.802. The molecule has 1 aliphatic heterocycles. The second kappa shape index (κ2) is 4.58. The van der Waals surface area contributed by atoms with Crippen LogP contribution in [0.5, 0.6) is 0 Å².